The molecule has 1 aromatic carbocycles. The van der Waals surface area contributed by atoms with E-state index in [2.05, 4.69) is 25.3 Å². The van der Waals surface area contributed by atoms with Gasteiger partial charge >= 0.3 is 0 Å². The van der Waals surface area contributed by atoms with Gasteiger partial charge in [-0.2, -0.15) is 0 Å². The van der Waals surface area contributed by atoms with E-state index >= 15 is 0 Å². The molecule has 0 aromatic heterocycles. The number of hydrogen-bond donors (Lipinski definition) is 0. The summed E-state index contributed by atoms with van der Waals surface area (Å²) in [5.74, 6) is 0. The smallest absolute Gasteiger partial charge is 0.0853 e. The van der Waals surface area contributed by atoms with Crippen LogP contribution in [0.3, 0.4) is 0 Å². The normalized spacial score (nSPS) is 23.9. The maximum absolute atomic E-state index is 5.84. The van der Waals surface area contributed by atoms with Gasteiger partial charge in [0, 0.05) is 0 Å². The van der Waals surface area contributed by atoms with E-state index in [0.29, 0.717) is 13.2 Å². The number of hydrogen-bond acceptors (Lipinski definition) is 2. The van der Waals surface area contributed by atoms with E-state index in [9.17, 15) is 0 Å². The molecule has 0 bridgehead atoms. The molecule has 0 amide bonds. The van der Waals surface area contributed by atoms with Gasteiger partial charge in [-0.25, -0.2) is 0 Å². The zero-order valence-corrected chi connectivity index (χ0v) is 10.7. The van der Waals surface area contributed by atoms with Crippen LogP contribution in [0.2, 0.25) is 0 Å². The Morgan fingerprint density at radius 3 is 2.78 bits per heavy atom. The summed E-state index contributed by atoms with van der Waals surface area (Å²) in [6, 6.07) is 10.2. The fraction of sp³-hybridized carbons (Fsp3) is 0.375. The monoisotopic (exact) mass is 244 g/mol. The summed E-state index contributed by atoms with van der Waals surface area (Å²) in [6.45, 7) is 9.06. The van der Waals surface area contributed by atoms with Crippen LogP contribution in [-0.4, -0.2) is 18.8 Å². The summed E-state index contributed by atoms with van der Waals surface area (Å²) < 4.78 is 11.5. The Hall–Kier alpha value is -1.38. The lowest BCUT2D eigenvalue weighted by Gasteiger charge is -2.29. The van der Waals surface area contributed by atoms with Gasteiger partial charge < -0.3 is 9.47 Å². The quantitative estimate of drug-likeness (QED) is 0.738. The average Bonchev–Trinajstić information content (AvgIpc) is 2.39. The van der Waals surface area contributed by atoms with E-state index in [1.165, 1.54) is 11.1 Å². The fourth-order valence-electron chi connectivity index (χ4n) is 2.15. The van der Waals surface area contributed by atoms with Gasteiger partial charge in [-0.15, -0.1) is 6.58 Å². The summed E-state index contributed by atoms with van der Waals surface area (Å²) in [4.78, 5) is 0. The van der Waals surface area contributed by atoms with Crippen LogP contribution < -0.4 is 0 Å². The van der Waals surface area contributed by atoms with Crippen molar-refractivity contribution in [3.63, 3.8) is 0 Å². The van der Waals surface area contributed by atoms with Crippen LogP contribution in [0.4, 0.5) is 0 Å². The molecule has 2 heteroatoms. The van der Waals surface area contributed by atoms with E-state index in [1.54, 1.807) is 0 Å². The van der Waals surface area contributed by atoms with Gasteiger partial charge in [-0.1, -0.05) is 48.6 Å². The molecule has 0 saturated carbocycles. The Kier molecular flexibility index (Phi) is 4.73. The van der Waals surface area contributed by atoms with Gasteiger partial charge in [0.25, 0.3) is 0 Å². The van der Waals surface area contributed by atoms with E-state index in [-0.39, 0.29) is 12.2 Å². The molecule has 96 valence electrons. The third-order valence-electron chi connectivity index (χ3n) is 3.05. The zero-order valence-electron chi connectivity index (χ0n) is 10.7. The Morgan fingerprint density at radius 2 is 2.06 bits per heavy atom. The lowest BCUT2D eigenvalue weighted by atomic mass is 9.99. The van der Waals surface area contributed by atoms with Gasteiger partial charge in [0.05, 0.1) is 25.4 Å². The molecule has 0 unspecified atom stereocenters. The van der Waals surface area contributed by atoms with Crippen LogP contribution in [-0.2, 0) is 16.1 Å². The van der Waals surface area contributed by atoms with Crippen LogP contribution in [0, 0.1) is 0 Å². The van der Waals surface area contributed by atoms with Crippen molar-refractivity contribution in [2.24, 2.45) is 0 Å². The van der Waals surface area contributed by atoms with Gasteiger partial charge in [0.2, 0.25) is 0 Å². The molecular formula is C16H20O2. The highest BCUT2D eigenvalue weighted by molar-refractivity contribution is 5.13. The molecular weight excluding hydrogens is 224 g/mol. The first-order chi connectivity index (χ1) is 8.78. The first kappa shape index (κ1) is 13.1. The molecule has 0 aliphatic carbocycles. The lowest BCUT2D eigenvalue weighted by Crippen LogP contribution is -2.30. The predicted molar refractivity (Wildman–Crippen MR) is 73.3 cm³/mol. The molecule has 1 aliphatic rings. The second-order valence-corrected chi connectivity index (χ2v) is 4.69. The van der Waals surface area contributed by atoms with Crippen LogP contribution >= 0.6 is 0 Å². The SMILES string of the molecule is C=C[C@H]1CC(=C)C[C@@H](COCc2ccccc2)O1. The third kappa shape index (κ3) is 3.83. The molecule has 1 fully saturated rings. The Morgan fingerprint density at radius 1 is 1.28 bits per heavy atom. The number of rotatable bonds is 5. The van der Waals surface area contributed by atoms with E-state index in [1.807, 2.05) is 24.3 Å². The summed E-state index contributed by atoms with van der Waals surface area (Å²) in [5, 5.41) is 0. The second kappa shape index (κ2) is 6.53. The molecule has 1 heterocycles. The van der Waals surface area contributed by atoms with Gasteiger partial charge in [0.15, 0.2) is 0 Å². The first-order valence-corrected chi connectivity index (χ1v) is 6.34. The molecule has 0 spiro atoms. The van der Waals surface area contributed by atoms with E-state index in [0.717, 1.165) is 12.8 Å². The average molecular weight is 244 g/mol. The van der Waals surface area contributed by atoms with Crippen LogP contribution in [0.5, 0.6) is 0 Å². The van der Waals surface area contributed by atoms with Crippen molar-refractivity contribution >= 4 is 0 Å². The Bertz CT molecular complexity index is 397. The fourth-order valence-corrected chi connectivity index (χ4v) is 2.15. The number of ether oxygens (including phenoxy) is 2. The topological polar surface area (TPSA) is 18.5 Å². The van der Waals surface area contributed by atoms with Crippen molar-refractivity contribution in [3.8, 4) is 0 Å². The Labute approximate surface area is 109 Å². The summed E-state index contributed by atoms with van der Waals surface area (Å²) in [5.41, 5.74) is 2.41. The van der Waals surface area contributed by atoms with Crippen LogP contribution in [0.25, 0.3) is 0 Å². The Balaban J connectivity index is 1.76. The molecule has 18 heavy (non-hydrogen) atoms. The first-order valence-electron chi connectivity index (χ1n) is 6.34. The molecule has 2 nitrogen and oxygen atoms in total. The van der Waals surface area contributed by atoms with Crippen LogP contribution in [0.15, 0.2) is 55.1 Å². The highest BCUT2D eigenvalue weighted by Crippen LogP contribution is 2.23. The minimum absolute atomic E-state index is 0.0941. The maximum Gasteiger partial charge on any atom is 0.0853 e. The molecule has 0 radical (unpaired) electrons. The molecule has 1 aromatic rings. The zero-order chi connectivity index (χ0) is 12.8. The van der Waals surface area contributed by atoms with Crippen molar-refractivity contribution < 1.29 is 9.47 Å². The molecule has 2 rings (SSSR count). The minimum Gasteiger partial charge on any atom is -0.374 e. The minimum atomic E-state index is 0.0941. The van der Waals surface area contributed by atoms with Gasteiger partial charge in [-0.3, -0.25) is 0 Å². The molecule has 0 N–H and O–H groups in total. The third-order valence-corrected chi connectivity index (χ3v) is 3.05. The van der Waals surface area contributed by atoms with Crippen LogP contribution in [0.1, 0.15) is 18.4 Å². The van der Waals surface area contributed by atoms with E-state index < -0.39 is 0 Å². The van der Waals surface area contributed by atoms with Gasteiger partial charge in [0.1, 0.15) is 0 Å². The standard InChI is InChI=1S/C16H20O2/c1-3-15-9-13(2)10-16(18-15)12-17-11-14-7-5-4-6-8-14/h3-8,15-16H,1-2,9-12H2/t15-,16-/m0/s1. The highest BCUT2D eigenvalue weighted by atomic mass is 16.5. The lowest BCUT2D eigenvalue weighted by molar-refractivity contribution is -0.0576. The predicted octanol–water partition coefficient (Wildman–Crippen LogP) is 3.49. The van der Waals surface area contributed by atoms with Gasteiger partial charge in [-0.05, 0) is 18.4 Å². The molecule has 1 saturated heterocycles. The van der Waals surface area contributed by atoms with Crippen molar-refractivity contribution in [3.05, 3.63) is 60.7 Å². The largest absolute Gasteiger partial charge is 0.374 e. The summed E-state index contributed by atoms with van der Waals surface area (Å²) in [7, 11) is 0. The van der Waals surface area contributed by atoms with E-state index in [4.69, 9.17) is 9.47 Å². The van der Waals surface area contributed by atoms with Crippen molar-refractivity contribution in [1.29, 1.82) is 0 Å². The maximum atomic E-state index is 5.84. The highest BCUT2D eigenvalue weighted by Gasteiger charge is 2.22. The van der Waals surface area contributed by atoms with Crippen molar-refractivity contribution in [2.45, 2.75) is 31.7 Å². The molecule has 2 atom stereocenters. The summed E-state index contributed by atoms with van der Waals surface area (Å²) >= 11 is 0. The molecule has 1 aliphatic heterocycles. The summed E-state index contributed by atoms with van der Waals surface area (Å²) in [6.07, 6.45) is 3.82. The second-order valence-electron chi connectivity index (χ2n) is 4.69. The number of benzene rings is 1. The van der Waals surface area contributed by atoms with Crippen molar-refractivity contribution in [2.75, 3.05) is 6.61 Å². The van der Waals surface area contributed by atoms with Crippen molar-refractivity contribution in [1.82, 2.24) is 0 Å².